The Bertz CT molecular complexity index is 523. The summed E-state index contributed by atoms with van der Waals surface area (Å²) in [7, 11) is 0. The summed E-state index contributed by atoms with van der Waals surface area (Å²) in [6.45, 7) is 3.86. The third kappa shape index (κ3) is 4.48. The van der Waals surface area contributed by atoms with Gasteiger partial charge in [-0.15, -0.1) is 0 Å². The van der Waals surface area contributed by atoms with Gasteiger partial charge in [0.2, 0.25) is 0 Å². The number of nitrogens with one attached hydrogen (secondary N) is 2. The van der Waals surface area contributed by atoms with E-state index in [4.69, 9.17) is 5.11 Å². The van der Waals surface area contributed by atoms with Crippen LogP contribution >= 0.6 is 0 Å². The number of nitrogens with zero attached hydrogens (tertiary/aromatic N) is 1. The van der Waals surface area contributed by atoms with E-state index in [0.717, 1.165) is 26.1 Å². The fraction of sp³-hybridized carbons (Fsp3) is 0.632. The molecule has 1 aromatic carbocycles. The molecule has 1 aromatic rings. The van der Waals surface area contributed by atoms with Gasteiger partial charge in [-0.05, 0) is 36.7 Å². The van der Waals surface area contributed by atoms with E-state index in [1.165, 1.54) is 18.4 Å². The number of hydrogen-bond acceptors (Lipinski definition) is 3. The molecule has 2 aliphatic rings. The van der Waals surface area contributed by atoms with Gasteiger partial charge in [0.05, 0.1) is 0 Å². The molecule has 0 spiro atoms. The maximum Gasteiger partial charge on any atom is 0.315 e. The summed E-state index contributed by atoms with van der Waals surface area (Å²) in [6, 6.07) is 10.8. The van der Waals surface area contributed by atoms with E-state index in [9.17, 15) is 4.79 Å². The van der Waals surface area contributed by atoms with Crippen molar-refractivity contribution in [1.82, 2.24) is 15.5 Å². The Kier molecular flexibility index (Phi) is 6.10. The van der Waals surface area contributed by atoms with Crippen molar-refractivity contribution in [2.75, 3.05) is 26.2 Å². The normalized spacial score (nSPS) is 26.8. The van der Waals surface area contributed by atoms with Crippen molar-refractivity contribution in [1.29, 1.82) is 0 Å². The zero-order valence-corrected chi connectivity index (χ0v) is 14.3. The molecule has 0 radical (unpaired) electrons. The first kappa shape index (κ1) is 17.2. The van der Waals surface area contributed by atoms with Crippen LogP contribution in [0.5, 0.6) is 0 Å². The third-order valence-electron chi connectivity index (χ3n) is 5.36. The maximum atomic E-state index is 12.0. The van der Waals surface area contributed by atoms with Crippen LogP contribution in [0.25, 0.3) is 0 Å². The molecule has 0 unspecified atom stereocenters. The van der Waals surface area contributed by atoms with Crippen LogP contribution in [0.3, 0.4) is 0 Å². The van der Waals surface area contributed by atoms with Gasteiger partial charge < -0.3 is 15.7 Å². The van der Waals surface area contributed by atoms with Gasteiger partial charge in [0.15, 0.2) is 0 Å². The summed E-state index contributed by atoms with van der Waals surface area (Å²) < 4.78 is 0. The lowest BCUT2D eigenvalue weighted by molar-refractivity contribution is 0.202. The lowest BCUT2D eigenvalue weighted by atomic mass is 9.78. The van der Waals surface area contributed by atoms with Crippen LogP contribution < -0.4 is 10.6 Å². The second-order valence-electron chi connectivity index (χ2n) is 7.12. The zero-order valence-electron chi connectivity index (χ0n) is 14.3. The highest BCUT2D eigenvalue weighted by Gasteiger charge is 2.40. The Balaban J connectivity index is 1.52. The van der Waals surface area contributed by atoms with Gasteiger partial charge in [0.25, 0.3) is 0 Å². The lowest BCUT2D eigenvalue weighted by Gasteiger charge is -2.33. The lowest BCUT2D eigenvalue weighted by Crippen LogP contribution is -2.49. The monoisotopic (exact) mass is 331 g/mol. The summed E-state index contributed by atoms with van der Waals surface area (Å²) in [5.74, 6) is 1.26. The highest BCUT2D eigenvalue weighted by molar-refractivity contribution is 5.74. The average molecular weight is 331 g/mol. The predicted molar refractivity (Wildman–Crippen MR) is 94.6 cm³/mol. The fourth-order valence-corrected chi connectivity index (χ4v) is 4.21. The van der Waals surface area contributed by atoms with Crippen LogP contribution in [0.1, 0.15) is 31.2 Å². The van der Waals surface area contributed by atoms with Crippen LogP contribution in [0.4, 0.5) is 4.79 Å². The summed E-state index contributed by atoms with van der Waals surface area (Å²) >= 11 is 0. The molecule has 2 fully saturated rings. The molecule has 3 rings (SSSR count). The van der Waals surface area contributed by atoms with Crippen molar-refractivity contribution in [3.63, 3.8) is 0 Å². The van der Waals surface area contributed by atoms with Crippen molar-refractivity contribution in [3.8, 4) is 0 Å². The molecule has 3 N–H and O–H groups in total. The molecule has 3 atom stereocenters. The number of hydrogen-bond donors (Lipinski definition) is 3. The summed E-state index contributed by atoms with van der Waals surface area (Å²) in [4.78, 5) is 14.6. The first-order valence-electron chi connectivity index (χ1n) is 9.18. The van der Waals surface area contributed by atoms with E-state index >= 15 is 0 Å². The number of rotatable bonds is 6. The van der Waals surface area contributed by atoms with Crippen LogP contribution in [0, 0.1) is 11.8 Å². The molecule has 0 aromatic heterocycles. The maximum absolute atomic E-state index is 12.0. The Hall–Kier alpha value is -1.59. The molecule has 132 valence electrons. The van der Waals surface area contributed by atoms with E-state index in [2.05, 4.69) is 45.9 Å². The van der Waals surface area contributed by atoms with Gasteiger partial charge in [-0.1, -0.05) is 36.8 Å². The number of aliphatic hydroxyl groups is 1. The number of likely N-dealkylation sites (tertiary alicyclic amines) is 1. The molecule has 1 aliphatic carbocycles. The average Bonchev–Trinajstić information content (AvgIpc) is 2.99. The SMILES string of the molecule is O=C(NCCCO)N[C@@H]1CCC[C@H]2CN(Cc3ccccc3)C[C@@H]21. The second kappa shape index (κ2) is 8.49. The molecular formula is C19H29N3O2. The third-order valence-corrected chi connectivity index (χ3v) is 5.36. The van der Waals surface area contributed by atoms with Crippen molar-refractivity contribution in [2.24, 2.45) is 11.8 Å². The highest BCUT2D eigenvalue weighted by Crippen LogP contribution is 2.36. The number of aliphatic hydroxyl groups excluding tert-OH is 1. The Labute approximate surface area is 144 Å². The zero-order chi connectivity index (χ0) is 16.8. The van der Waals surface area contributed by atoms with Crippen LogP contribution in [-0.2, 0) is 6.54 Å². The highest BCUT2D eigenvalue weighted by atomic mass is 16.3. The van der Waals surface area contributed by atoms with Crippen LogP contribution in [0.15, 0.2) is 30.3 Å². The Morgan fingerprint density at radius 3 is 2.83 bits per heavy atom. The summed E-state index contributed by atoms with van der Waals surface area (Å²) in [6.07, 6.45) is 4.16. The predicted octanol–water partition coefficient (Wildman–Crippen LogP) is 1.97. The smallest absolute Gasteiger partial charge is 0.315 e. The number of carbonyl (C=O) groups is 1. The topological polar surface area (TPSA) is 64.6 Å². The Morgan fingerprint density at radius 1 is 1.21 bits per heavy atom. The largest absolute Gasteiger partial charge is 0.396 e. The van der Waals surface area contributed by atoms with Crippen molar-refractivity contribution in [2.45, 2.75) is 38.3 Å². The van der Waals surface area contributed by atoms with Gasteiger partial charge >= 0.3 is 6.03 Å². The molecule has 5 heteroatoms. The van der Waals surface area contributed by atoms with Crippen molar-refractivity contribution < 1.29 is 9.90 Å². The van der Waals surface area contributed by atoms with Crippen LogP contribution in [-0.4, -0.2) is 48.3 Å². The molecule has 1 saturated heterocycles. The molecule has 24 heavy (non-hydrogen) atoms. The van der Waals surface area contributed by atoms with Crippen molar-refractivity contribution >= 4 is 6.03 Å². The molecule has 1 saturated carbocycles. The molecule has 5 nitrogen and oxygen atoms in total. The van der Waals surface area contributed by atoms with E-state index in [0.29, 0.717) is 24.8 Å². The number of amides is 2. The van der Waals surface area contributed by atoms with E-state index in [-0.39, 0.29) is 18.7 Å². The number of benzene rings is 1. The quantitative estimate of drug-likeness (QED) is 0.698. The first-order valence-corrected chi connectivity index (χ1v) is 9.18. The number of fused-ring (bicyclic) bond motifs is 1. The van der Waals surface area contributed by atoms with Crippen LogP contribution in [0.2, 0.25) is 0 Å². The minimum Gasteiger partial charge on any atom is -0.396 e. The molecular weight excluding hydrogens is 302 g/mol. The van der Waals surface area contributed by atoms with Gasteiger partial charge in [0.1, 0.15) is 0 Å². The summed E-state index contributed by atoms with van der Waals surface area (Å²) in [5.41, 5.74) is 1.36. The molecule has 1 aliphatic heterocycles. The van der Waals surface area contributed by atoms with E-state index < -0.39 is 0 Å². The number of carbonyl (C=O) groups excluding carboxylic acids is 1. The molecule has 1 heterocycles. The van der Waals surface area contributed by atoms with Gasteiger partial charge in [-0.2, -0.15) is 0 Å². The Morgan fingerprint density at radius 2 is 2.04 bits per heavy atom. The van der Waals surface area contributed by atoms with Gasteiger partial charge in [-0.3, -0.25) is 4.90 Å². The molecule has 2 amide bonds. The van der Waals surface area contributed by atoms with E-state index in [1.807, 2.05) is 0 Å². The second-order valence-corrected chi connectivity index (χ2v) is 7.12. The first-order chi connectivity index (χ1) is 11.8. The minimum absolute atomic E-state index is 0.0874. The number of urea groups is 1. The van der Waals surface area contributed by atoms with Gasteiger partial charge in [0, 0.05) is 38.8 Å². The standard InChI is InChI=1S/C19H29N3O2/c23-11-5-10-20-19(24)21-18-9-4-8-16-13-22(14-17(16)18)12-15-6-2-1-3-7-15/h1-3,6-7,16-18,23H,4-5,8-14H2,(H2,20,21,24)/t16-,17-,18+/m0/s1. The van der Waals surface area contributed by atoms with Gasteiger partial charge in [-0.25, -0.2) is 4.79 Å². The molecule has 0 bridgehead atoms. The van der Waals surface area contributed by atoms with E-state index in [1.54, 1.807) is 0 Å². The fourth-order valence-electron chi connectivity index (χ4n) is 4.21. The van der Waals surface area contributed by atoms with Crippen molar-refractivity contribution in [3.05, 3.63) is 35.9 Å². The minimum atomic E-state index is -0.0874. The summed E-state index contributed by atoms with van der Waals surface area (Å²) in [5, 5.41) is 14.8.